The quantitative estimate of drug-likeness (QED) is 0.548. The SMILES string of the molecule is O=CN1c2ccccc2SC1S. The van der Waals surface area contributed by atoms with Crippen molar-refractivity contribution in [3.05, 3.63) is 24.3 Å². The summed E-state index contributed by atoms with van der Waals surface area (Å²) in [5, 5.41) is 0. The maximum atomic E-state index is 10.6. The van der Waals surface area contributed by atoms with Crippen LogP contribution in [-0.2, 0) is 4.79 Å². The number of anilines is 1. The fraction of sp³-hybridized carbons (Fsp3) is 0.125. The molecular weight excluding hydrogens is 190 g/mol. The van der Waals surface area contributed by atoms with Crippen molar-refractivity contribution in [1.29, 1.82) is 0 Å². The molecule has 0 spiro atoms. The van der Waals surface area contributed by atoms with Crippen LogP contribution in [0.2, 0.25) is 0 Å². The third-order valence-electron chi connectivity index (χ3n) is 1.73. The number of amides is 1. The second kappa shape index (κ2) is 3.03. The van der Waals surface area contributed by atoms with Crippen LogP contribution < -0.4 is 4.90 Å². The van der Waals surface area contributed by atoms with E-state index in [1.165, 1.54) is 0 Å². The summed E-state index contributed by atoms with van der Waals surface area (Å²) in [5.74, 6) is 0. The Balaban J connectivity index is 2.47. The predicted molar refractivity (Wildman–Crippen MR) is 53.6 cm³/mol. The molecule has 0 radical (unpaired) electrons. The van der Waals surface area contributed by atoms with Gasteiger partial charge in [0.2, 0.25) is 6.41 Å². The molecule has 0 bridgehead atoms. The Kier molecular flexibility index (Phi) is 2.02. The molecule has 0 N–H and O–H groups in total. The summed E-state index contributed by atoms with van der Waals surface area (Å²) < 4.78 is -0.0695. The Labute approximate surface area is 80.4 Å². The van der Waals surface area contributed by atoms with Crippen LogP contribution in [-0.4, -0.2) is 11.1 Å². The highest BCUT2D eigenvalue weighted by Crippen LogP contribution is 2.43. The minimum absolute atomic E-state index is 0.0695. The number of benzene rings is 1. The highest BCUT2D eigenvalue weighted by atomic mass is 32.2. The third kappa shape index (κ3) is 1.11. The third-order valence-corrected chi connectivity index (χ3v) is 3.33. The van der Waals surface area contributed by atoms with Crippen LogP contribution in [0.15, 0.2) is 29.2 Å². The second-order valence-corrected chi connectivity index (χ2v) is 4.39. The van der Waals surface area contributed by atoms with Crippen molar-refractivity contribution >= 4 is 36.5 Å². The molecule has 0 aromatic heterocycles. The van der Waals surface area contributed by atoms with Crippen molar-refractivity contribution in [2.24, 2.45) is 0 Å². The summed E-state index contributed by atoms with van der Waals surface area (Å²) in [5.41, 5.74) is 0.956. The van der Waals surface area contributed by atoms with E-state index in [0.717, 1.165) is 17.0 Å². The number of nitrogens with zero attached hydrogens (tertiary/aromatic N) is 1. The van der Waals surface area contributed by atoms with Crippen molar-refractivity contribution in [2.45, 2.75) is 9.60 Å². The van der Waals surface area contributed by atoms with Crippen molar-refractivity contribution in [2.75, 3.05) is 4.90 Å². The van der Waals surface area contributed by atoms with E-state index in [2.05, 4.69) is 12.6 Å². The molecule has 1 aliphatic heterocycles. The van der Waals surface area contributed by atoms with E-state index in [4.69, 9.17) is 0 Å². The molecular formula is C8H7NOS2. The molecule has 1 aliphatic rings. The maximum Gasteiger partial charge on any atom is 0.215 e. The van der Waals surface area contributed by atoms with Crippen LogP contribution in [0.4, 0.5) is 5.69 Å². The average Bonchev–Trinajstić information content (AvgIpc) is 2.40. The lowest BCUT2D eigenvalue weighted by molar-refractivity contribution is -0.107. The summed E-state index contributed by atoms with van der Waals surface area (Å²) in [6.07, 6.45) is 0.816. The molecule has 1 atom stereocenters. The summed E-state index contributed by atoms with van der Waals surface area (Å²) in [6.45, 7) is 0. The normalized spacial score (nSPS) is 20.8. The summed E-state index contributed by atoms with van der Waals surface area (Å²) in [6, 6.07) is 7.79. The lowest BCUT2D eigenvalue weighted by Gasteiger charge is -2.13. The van der Waals surface area contributed by atoms with Crippen LogP contribution in [0, 0.1) is 0 Å². The van der Waals surface area contributed by atoms with E-state index < -0.39 is 0 Å². The number of carbonyl (C=O) groups is 1. The van der Waals surface area contributed by atoms with E-state index in [0.29, 0.717) is 0 Å². The summed E-state index contributed by atoms with van der Waals surface area (Å²) >= 11 is 5.85. The molecule has 1 heterocycles. The average molecular weight is 197 g/mol. The van der Waals surface area contributed by atoms with E-state index in [9.17, 15) is 4.79 Å². The first kappa shape index (κ1) is 8.01. The monoisotopic (exact) mass is 197 g/mol. The Morgan fingerprint density at radius 2 is 2.25 bits per heavy atom. The largest absolute Gasteiger partial charge is 0.292 e. The van der Waals surface area contributed by atoms with Gasteiger partial charge in [-0.05, 0) is 12.1 Å². The van der Waals surface area contributed by atoms with Crippen LogP contribution in [0.1, 0.15) is 0 Å². The molecule has 1 aromatic rings. The molecule has 1 unspecified atom stereocenters. The number of rotatable bonds is 1. The van der Waals surface area contributed by atoms with Crippen LogP contribution >= 0.6 is 24.4 Å². The molecule has 0 saturated heterocycles. The highest BCUT2D eigenvalue weighted by molar-refractivity contribution is 8.11. The first-order chi connectivity index (χ1) is 5.83. The van der Waals surface area contributed by atoms with Gasteiger partial charge in [0.15, 0.2) is 0 Å². The zero-order valence-corrected chi connectivity index (χ0v) is 7.89. The van der Waals surface area contributed by atoms with E-state index in [1.807, 2.05) is 24.3 Å². The van der Waals surface area contributed by atoms with Gasteiger partial charge in [0, 0.05) is 4.90 Å². The minimum atomic E-state index is -0.0695. The summed E-state index contributed by atoms with van der Waals surface area (Å²) in [7, 11) is 0. The van der Waals surface area contributed by atoms with Crippen molar-refractivity contribution in [3.63, 3.8) is 0 Å². The van der Waals surface area contributed by atoms with Gasteiger partial charge in [-0.3, -0.25) is 9.69 Å². The fourth-order valence-electron chi connectivity index (χ4n) is 1.17. The lowest BCUT2D eigenvalue weighted by Crippen LogP contribution is -2.22. The standard InChI is InChI=1S/C8H7NOS2/c10-5-9-6-3-1-2-4-7(6)12-8(9)11/h1-5,8,11H. The Hall–Kier alpha value is -0.610. The van der Waals surface area contributed by atoms with Gasteiger partial charge in [-0.15, -0.1) is 12.6 Å². The molecule has 62 valence electrons. The fourth-order valence-corrected chi connectivity index (χ4v) is 2.64. The van der Waals surface area contributed by atoms with E-state index in [1.54, 1.807) is 16.7 Å². The van der Waals surface area contributed by atoms with Gasteiger partial charge in [-0.1, -0.05) is 23.9 Å². The minimum Gasteiger partial charge on any atom is -0.292 e. The number of thiol groups is 1. The maximum absolute atomic E-state index is 10.6. The van der Waals surface area contributed by atoms with Gasteiger partial charge < -0.3 is 0 Å². The number of carbonyl (C=O) groups excluding carboxylic acids is 1. The van der Waals surface area contributed by atoms with Crippen LogP contribution in [0.25, 0.3) is 0 Å². The zero-order valence-electron chi connectivity index (χ0n) is 6.18. The first-order valence-corrected chi connectivity index (χ1v) is 4.90. The van der Waals surface area contributed by atoms with Crippen molar-refractivity contribution in [3.8, 4) is 0 Å². The van der Waals surface area contributed by atoms with Crippen molar-refractivity contribution < 1.29 is 4.79 Å². The molecule has 1 amide bonds. The molecule has 2 rings (SSSR count). The van der Waals surface area contributed by atoms with E-state index in [-0.39, 0.29) is 4.71 Å². The van der Waals surface area contributed by atoms with Crippen molar-refractivity contribution in [1.82, 2.24) is 0 Å². The molecule has 0 aliphatic carbocycles. The number of hydrogen-bond donors (Lipinski definition) is 1. The predicted octanol–water partition coefficient (Wildman–Crippen LogP) is 1.97. The highest BCUT2D eigenvalue weighted by Gasteiger charge is 2.26. The Morgan fingerprint density at radius 3 is 3.00 bits per heavy atom. The van der Waals surface area contributed by atoms with Crippen LogP contribution in [0.3, 0.4) is 0 Å². The number of thioether (sulfide) groups is 1. The van der Waals surface area contributed by atoms with E-state index >= 15 is 0 Å². The zero-order chi connectivity index (χ0) is 8.55. The number of fused-ring (bicyclic) bond motifs is 1. The van der Waals surface area contributed by atoms with Gasteiger partial charge in [0.05, 0.1) is 5.69 Å². The summed E-state index contributed by atoms with van der Waals surface area (Å²) in [4.78, 5) is 13.4. The smallest absolute Gasteiger partial charge is 0.215 e. The number of para-hydroxylation sites is 1. The molecule has 0 saturated carbocycles. The molecule has 12 heavy (non-hydrogen) atoms. The van der Waals surface area contributed by atoms with Gasteiger partial charge in [0.25, 0.3) is 0 Å². The Morgan fingerprint density at radius 1 is 1.50 bits per heavy atom. The molecule has 4 heteroatoms. The second-order valence-electron chi connectivity index (χ2n) is 2.42. The first-order valence-electron chi connectivity index (χ1n) is 3.50. The Bertz CT molecular complexity index is 316. The lowest BCUT2D eigenvalue weighted by atomic mass is 10.3. The topological polar surface area (TPSA) is 20.3 Å². The van der Waals surface area contributed by atoms with Crippen LogP contribution in [0.5, 0.6) is 0 Å². The van der Waals surface area contributed by atoms with Gasteiger partial charge in [-0.25, -0.2) is 0 Å². The number of hydrogen-bond acceptors (Lipinski definition) is 3. The molecule has 2 nitrogen and oxygen atoms in total. The van der Waals surface area contributed by atoms with Gasteiger partial charge in [0.1, 0.15) is 4.71 Å². The van der Waals surface area contributed by atoms with Gasteiger partial charge in [-0.2, -0.15) is 0 Å². The van der Waals surface area contributed by atoms with Gasteiger partial charge >= 0.3 is 0 Å². The molecule has 1 aromatic carbocycles. The molecule has 0 fully saturated rings.